The van der Waals surface area contributed by atoms with E-state index in [1.165, 1.54) is 16.0 Å². The largest absolute Gasteiger partial charge is 0.390 e. The lowest BCUT2D eigenvalue weighted by Gasteiger charge is -2.41. The zero-order chi connectivity index (χ0) is 19.3. The van der Waals surface area contributed by atoms with Gasteiger partial charge in [0.2, 0.25) is 5.91 Å². The highest BCUT2D eigenvalue weighted by atomic mass is 32.1. The highest BCUT2D eigenvalue weighted by molar-refractivity contribution is 7.25. The van der Waals surface area contributed by atoms with Gasteiger partial charge in [-0.3, -0.25) is 9.59 Å². The van der Waals surface area contributed by atoms with Crippen LogP contribution in [0.15, 0.2) is 29.1 Å². The highest BCUT2D eigenvalue weighted by Crippen LogP contribution is 2.36. The molecule has 2 N–H and O–H groups in total. The summed E-state index contributed by atoms with van der Waals surface area (Å²) in [5, 5.41) is 19.0. The summed E-state index contributed by atoms with van der Waals surface area (Å²) in [5.74, 6) is 0.400. The molecule has 1 aliphatic rings. The maximum atomic E-state index is 13.0. The Morgan fingerprint density at radius 2 is 2.11 bits per heavy atom. The first-order valence-corrected chi connectivity index (χ1v) is 9.68. The Hall–Kier alpha value is -2.45. The zero-order valence-electron chi connectivity index (χ0n) is 15.5. The number of benzene rings is 1. The molecule has 8 heteroatoms. The number of aliphatic hydroxyl groups is 1. The summed E-state index contributed by atoms with van der Waals surface area (Å²) in [5.41, 5.74) is -0.964. The maximum absolute atomic E-state index is 13.0. The van der Waals surface area contributed by atoms with Crippen molar-refractivity contribution in [3.05, 3.63) is 34.6 Å². The van der Waals surface area contributed by atoms with E-state index in [2.05, 4.69) is 10.4 Å². The van der Waals surface area contributed by atoms with Crippen molar-refractivity contribution in [1.29, 1.82) is 0 Å². The minimum atomic E-state index is -0.707. The van der Waals surface area contributed by atoms with Gasteiger partial charge in [-0.2, -0.15) is 5.10 Å². The Balaban J connectivity index is 1.71. The second-order valence-electron chi connectivity index (χ2n) is 7.65. The summed E-state index contributed by atoms with van der Waals surface area (Å²) in [7, 11) is 3.75. The first-order valence-electron chi connectivity index (χ1n) is 8.86. The molecule has 0 aliphatic heterocycles. The number of anilines is 1. The van der Waals surface area contributed by atoms with Gasteiger partial charge in [-0.25, -0.2) is 4.68 Å². The average Bonchev–Trinajstić information content (AvgIpc) is 2.95. The lowest BCUT2D eigenvalue weighted by molar-refractivity contribution is -0.125. The van der Waals surface area contributed by atoms with Crippen LogP contribution in [0.25, 0.3) is 20.2 Å². The molecular formula is C19H22N4O3S. The molecule has 7 nitrogen and oxygen atoms in total. The summed E-state index contributed by atoms with van der Waals surface area (Å²) in [6, 6.07) is 7.81. The van der Waals surface area contributed by atoms with Crippen LogP contribution in [-0.2, 0) is 11.3 Å². The van der Waals surface area contributed by atoms with E-state index in [0.717, 1.165) is 15.5 Å². The SMILES string of the molecule is CN(C)c1nn(CC(=O)NC2CC(C)(O)C2)c(=O)c2sc3ccccc3c12. The third-order valence-electron chi connectivity index (χ3n) is 4.92. The van der Waals surface area contributed by atoms with Gasteiger partial charge in [-0.05, 0) is 25.8 Å². The van der Waals surface area contributed by atoms with Gasteiger partial charge in [0, 0.05) is 30.2 Å². The molecule has 0 atom stereocenters. The molecule has 0 unspecified atom stereocenters. The Morgan fingerprint density at radius 3 is 2.78 bits per heavy atom. The van der Waals surface area contributed by atoms with Crippen molar-refractivity contribution < 1.29 is 9.90 Å². The fraction of sp³-hybridized carbons (Fsp3) is 0.421. The molecule has 142 valence electrons. The predicted octanol–water partition coefficient (Wildman–Crippen LogP) is 1.71. The lowest BCUT2D eigenvalue weighted by atomic mass is 9.77. The molecule has 1 amide bonds. The number of hydrogen-bond donors (Lipinski definition) is 2. The molecule has 2 aromatic heterocycles. The van der Waals surface area contributed by atoms with Crippen LogP contribution >= 0.6 is 11.3 Å². The van der Waals surface area contributed by atoms with Crippen LogP contribution in [0.1, 0.15) is 19.8 Å². The average molecular weight is 386 g/mol. The highest BCUT2D eigenvalue weighted by Gasteiger charge is 2.39. The molecule has 27 heavy (non-hydrogen) atoms. The Kier molecular flexibility index (Phi) is 4.20. The van der Waals surface area contributed by atoms with Crippen LogP contribution in [0.2, 0.25) is 0 Å². The molecule has 0 spiro atoms. The summed E-state index contributed by atoms with van der Waals surface area (Å²) in [6.07, 6.45) is 1.05. The molecule has 0 bridgehead atoms. The van der Waals surface area contributed by atoms with Crippen molar-refractivity contribution in [3.63, 3.8) is 0 Å². The van der Waals surface area contributed by atoms with Crippen molar-refractivity contribution in [2.24, 2.45) is 0 Å². The summed E-state index contributed by atoms with van der Waals surface area (Å²) in [4.78, 5) is 27.2. The molecule has 1 fully saturated rings. The summed E-state index contributed by atoms with van der Waals surface area (Å²) < 4.78 is 2.86. The minimum Gasteiger partial charge on any atom is -0.390 e. The van der Waals surface area contributed by atoms with E-state index in [1.807, 2.05) is 43.3 Å². The number of amides is 1. The lowest BCUT2D eigenvalue weighted by Crippen LogP contribution is -2.54. The molecule has 4 rings (SSSR count). The summed E-state index contributed by atoms with van der Waals surface area (Å²) in [6.45, 7) is 1.61. The number of hydrogen-bond acceptors (Lipinski definition) is 6. The van der Waals surface area contributed by atoms with E-state index in [4.69, 9.17) is 0 Å². The van der Waals surface area contributed by atoms with Gasteiger partial charge in [0.25, 0.3) is 5.56 Å². The Bertz CT molecular complexity index is 1090. The number of nitrogens with one attached hydrogen (secondary N) is 1. The van der Waals surface area contributed by atoms with Gasteiger partial charge in [0.05, 0.1) is 11.0 Å². The van der Waals surface area contributed by atoms with Crippen LogP contribution < -0.4 is 15.8 Å². The van der Waals surface area contributed by atoms with Crippen LogP contribution in [-0.4, -0.2) is 46.5 Å². The van der Waals surface area contributed by atoms with Gasteiger partial charge < -0.3 is 15.3 Å². The molecule has 3 aromatic rings. The summed E-state index contributed by atoms with van der Waals surface area (Å²) >= 11 is 1.43. The first-order chi connectivity index (χ1) is 12.7. The van der Waals surface area contributed by atoms with Crippen LogP contribution in [0, 0.1) is 0 Å². The number of carbonyl (C=O) groups excluding carboxylic acids is 1. The van der Waals surface area contributed by atoms with Crippen LogP contribution in [0.5, 0.6) is 0 Å². The van der Waals surface area contributed by atoms with E-state index in [0.29, 0.717) is 23.4 Å². The first kappa shape index (κ1) is 17.9. The second kappa shape index (κ2) is 6.31. The van der Waals surface area contributed by atoms with Crippen molar-refractivity contribution >= 4 is 43.2 Å². The fourth-order valence-corrected chi connectivity index (χ4v) is 4.82. The predicted molar refractivity (Wildman–Crippen MR) is 108 cm³/mol. The Labute approximate surface area is 160 Å². The number of rotatable bonds is 4. The van der Waals surface area contributed by atoms with Gasteiger partial charge in [-0.1, -0.05) is 18.2 Å². The number of carbonyl (C=O) groups is 1. The van der Waals surface area contributed by atoms with Crippen molar-refractivity contribution in [2.75, 3.05) is 19.0 Å². The third-order valence-corrected chi connectivity index (χ3v) is 6.08. The van der Waals surface area contributed by atoms with Gasteiger partial charge in [0.15, 0.2) is 5.82 Å². The molecule has 1 aliphatic carbocycles. The van der Waals surface area contributed by atoms with Gasteiger partial charge in [-0.15, -0.1) is 11.3 Å². The van der Waals surface area contributed by atoms with Crippen molar-refractivity contribution in [3.8, 4) is 0 Å². The topological polar surface area (TPSA) is 87.5 Å². The molecular weight excluding hydrogens is 364 g/mol. The maximum Gasteiger partial charge on any atom is 0.285 e. The Morgan fingerprint density at radius 1 is 1.41 bits per heavy atom. The van der Waals surface area contributed by atoms with Crippen molar-refractivity contribution in [2.45, 2.75) is 38.0 Å². The standard InChI is InChI=1S/C19H22N4O3S/c1-19(26)8-11(9-19)20-14(24)10-23-18(25)16-15(17(21-23)22(2)3)12-6-4-5-7-13(12)27-16/h4-7,11,26H,8-10H2,1-3H3,(H,20,24). The molecule has 1 aromatic carbocycles. The second-order valence-corrected chi connectivity index (χ2v) is 8.71. The smallest absolute Gasteiger partial charge is 0.285 e. The van der Waals surface area contributed by atoms with Gasteiger partial charge >= 0.3 is 0 Å². The van der Waals surface area contributed by atoms with E-state index in [1.54, 1.807) is 6.92 Å². The van der Waals surface area contributed by atoms with E-state index < -0.39 is 5.60 Å². The fourth-order valence-electron chi connectivity index (χ4n) is 3.68. The van der Waals surface area contributed by atoms with Crippen LogP contribution in [0.3, 0.4) is 0 Å². The van der Waals surface area contributed by atoms with E-state index in [9.17, 15) is 14.7 Å². The number of nitrogens with zero attached hydrogens (tertiary/aromatic N) is 3. The number of fused-ring (bicyclic) bond motifs is 3. The monoisotopic (exact) mass is 386 g/mol. The normalized spacial score (nSPS) is 22.0. The van der Waals surface area contributed by atoms with Crippen LogP contribution in [0.4, 0.5) is 5.82 Å². The number of aromatic nitrogens is 2. The zero-order valence-corrected chi connectivity index (χ0v) is 16.3. The minimum absolute atomic E-state index is 0.0513. The molecule has 0 saturated heterocycles. The molecule has 1 saturated carbocycles. The van der Waals surface area contributed by atoms with E-state index in [-0.39, 0.29) is 24.1 Å². The van der Waals surface area contributed by atoms with Gasteiger partial charge in [0.1, 0.15) is 11.2 Å². The molecule has 2 heterocycles. The van der Waals surface area contributed by atoms with Crippen molar-refractivity contribution in [1.82, 2.24) is 15.1 Å². The number of thiophene rings is 1. The quantitative estimate of drug-likeness (QED) is 0.713. The molecule has 0 radical (unpaired) electrons. The van der Waals surface area contributed by atoms with E-state index >= 15 is 0 Å². The third kappa shape index (κ3) is 3.19.